The summed E-state index contributed by atoms with van der Waals surface area (Å²) < 4.78 is 0. The first kappa shape index (κ1) is 14.2. The van der Waals surface area contributed by atoms with Gasteiger partial charge in [0.2, 0.25) is 5.91 Å². The van der Waals surface area contributed by atoms with Crippen LogP contribution < -0.4 is 10.6 Å². The van der Waals surface area contributed by atoms with E-state index in [0.717, 1.165) is 26.2 Å². The number of carbonyl (C=O) groups is 1. The number of aromatic nitrogens is 1. The van der Waals surface area contributed by atoms with Crippen molar-refractivity contribution in [3.8, 4) is 0 Å². The quantitative estimate of drug-likeness (QED) is 0.879. The topological polar surface area (TPSA) is 57.3 Å². The molecular formula is C13H19ClN4O. The van der Waals surface area contributed by atoms with Gasteiger partial charge in [0.25, 0.3) is 0 Å². The highest BCUT2D eigenvalue weighted by molar-refractivity contribution is 6.30. The smallest absolute Gasteiger partial charge is 0.245 e. The summed E-state index contributed by atoms with van der Waals surface area (Å²) in [7, 11) is 0. The van der Waals surface area contributed by atoms with Crippen molar-refractivity contribution in [3.05, 3.63) is 23.4 Å². The van der Waals surface area contributed by atoms with E-state index in [1.807, 2.05) is 13.8 Å². The van der Waals surface area contributed by atoms with Crippen LogP contribution in [0.3, 0.4) is 0 Å². The fourth-order valence-electron chi connectivity index (χ4n) is 2.09. The molecule has 0 saturated carbocycles. The van der Waals surface area contributed by atoms with Crippen LogP contribution in [0.4, 0.5) is 5.82 Å². The molecular weight excluding hydrogens is 264 g/mol. The number of nitrogens with one attached hydrogen (secondary N) is 2. The van der Waals surface area contributed by atoms with Gasteiger partial charge in [0.05, 0.1) is 10.6 Å². The summed E-state index contributed by atoms with van der Waals surface area (Å²) in [4.78, 5) is 18.6. The van der Waals surface area contributed by atoms with E-state index in [2.05, 4.69) is 20.5 Å². The minimum absolute atomic E-state index is 0.0516. The van der Waals surface area contributed by atoms with E-state index in [4.69, 9.17) is 11.6 Å². The molecule has 1 aliphatic heterocycles. The number of piperazine rings is 1. The Balaban J connectivity index is 2.03. The highest BCUT2D eigenvalue weighted by atomic mass is 35.5. The Morgan fingerprint density at radius 3 is 2.68 bits per heavy atom. The Morgan fingerprint density at radius 2 is 2.11 bits per heavy atom. The second-order valence-corrected chi connectivity index (χ2v) is 5.55. The van der Waals surface area contributed by atoms with Crippen molar-refractivity contribution in [2.45, 2.75) is 19.4 Å². The second kappa shape index (κ2) is 5.86. The molecule has 19 heavy (non-hydrogen) atoms. The molecule has 1 saturated heterocycles. The standard InChI is InChI=1S/C13H19ClN4O/c1-13(2,18-7-5-15-6-8-18)12(19)17-11-4-3-10(14)9-16-11/h3-4,9,15H,5-8H2,1-2H3,(H,16,17,19). The Labute approximate surface area is 118 Å². The normalized spacial score (nSPS) is 17.2. The maximum absolute atomic E-state index is 12.4. The number of hydrogen-bond acceptors (Lipinski definition) is 4. The third-order valence-corrected chi connectivity index (χ3v) is 3.66. The highest BCUT2D eigenvalue weighted by Crippen LogP contribution is 2.18. The third-order valence-electron chi connectivity index (χ3n) is 3.43. The van der Waals surface area contributed by atoms with Gasteiger partial charge < -0.3 is 10.6 Å². The number of rotatable bonds is 3. The van der Waals surface area contributed by atoms with Crippen LogP contribution >= 0.6 is 11.6 Å². The van der Waals surface area contributed by atoms with Crippen molar-refractivity contribution in [2.75, 3.05) is 31.5 Å². The molecule has 104 valence electrons. The predicted octanol–water partition coefficient (Wildman–Crippen LogP) is 1.36. The van der Waals surface area contributed by atoms with Gasteiger partial charge in [-0.05, 0) is 26.0 Å². The van der Waals surface area contributed by atoms with Gasteiger partial charge >= 0.3 is 0 Å². The van der Waals surface area contributed by atoms with E-state index in [1.54, 1.807) is 12.1 Å². The van der Waals surface area contributed by atoms with Crippen molar-refractivity contribution in [2.24, 2.45) is 0 Å². The maximum atomic E-state index is 12.4. The van der Waals surface area contributed by atoms with E-state index < -0.39 is 5.54 Å². The molecule has 2 heterocycles. The van der Waals surface area contributed by atoms with Gasteiger partial charge in [-0.2, -0.15) is 0 Å². The zero-order valence-corrected chi connectivity index (χ0v) is 12.0. The minimum atomic E-state index is -0.552. The molecule has 1 amide bonds. The van der Waals surface area contributed by atoms with Gasteiger partial charge in [-0.1, -0.05) is 11.6 Å². The summed E-state index contributed by atoms with van der Waals surface area (Å²) in [5.74, 6) is 0.474. The van der Waals surface area contributed by atoms with E-state index in [1.165, 1.54) is 6.20 Å². The molecule has 6 heteroatoms. The molecule has 1 aromatic rings. The molecule has 1 fully saturated rings. The molecule has 5 nitrogen and oxygen atoms in total. The van der Waals surface area contributed by atoms with Crippen LogP contribution in [0.1, 0.15) is 13.8 Å². The number of nitrogens with zero attached hydrogens (tertiary/aromatic N) is 2. The highest BCUT2D eigenvalue weighted by Gasteiger charge is 2.35. The lowest BCUT2D eigenvalue weighted by atomic mass is 10.0. The SMILES string of the molecule is CC(C)(C(=O)Nc1ccc(Cl)cn1)N1CCNCC1. The Morgan fingerprint density at radius 1 is 1.42 bits per heavy atom. The van der Waals surface area contributed by atoms with Crippen molar-refractivity contribution >= 4 is 23.3 Å². The van der Waals surface area contributed by atoms with Gasteiger partial charge in [0.15, 0.2) is 0 Å². The molecule has 2 rings (SSSR count). The summed E-state index contributed by atoms with van der Waals surface area (Å²) in [6.45, 7) is 7.43. The molecule has 0 aliphatic carbocycles. The van der Waals surface area contributed by atoms with Crippen LogP contribution in [0, 0.1) is 0 Å². The molecule has 0 unspecified atom stereocenters. The lowest BCUT2D eigenvalue weighted by Gasteiger charge is -2.39. The van der Waals surface area contributed by atoms with Crippen LogP contribution in [0.5, 0.6) is 0 Å². The third kappa shape index (κ3) is 3.43. The molecule has 0 spiro atoms. The first-order valence-electron chi connectivity index (χ1n) is 6.39. The fraction of sp³-hybridized carbons (Fsp3) is 0.538. The first-order chi connectivity index (χ1) is 9.00. The van der Waals surface area contributed by atoms with Gasteiger partial charge in [-0.15, -0.1) is 0 Å². The van der Waals surface area contributed by atoms with Crippen LogP contribution in [-0.4, -0.2) is 47.5 Å². The second-order valence-electron chi connectivity index (χ2n) is 5.11. The fourth-order valence-corrected chi connectivity index (χ4v) is 2.20. The zero-order chi connectivity index (χ0) is 13.9. The van der Waals surface area contributed by atoms with Gasteiger partial charge in [-0.25, -0.2) is 4.98 Å². The number of anilines is 1. The van der Waals surface area contributed by atoms with Crippen molar-refractivity contribution in [3.63, 3.8) is 0 Å². The van der Waals surface area contributed by atoms with Crippen molar-refractivity contribution < 1.29 is 4.79 Å². The summed E-state index contributed by atoms with van der Waals surface area (Å²) in [5, 5.41) is 6.67. The van der Waals surface area contributed by atoms with Crippen LogP contribution in [-0.2, 0) is 4.79 Å². The van der Waals surface area contributed by atoms with Gasteiger partial charge in [0.1, 0.15) is 5.82 Å². The van der Waals surface area contributed by atoms with Gasteiger partial charge in [-0.3, -0.25) is 9.69 Å². The molecule has 0 aromatic carbocycles. The summed E-state index contributed by atoms with van der Waals surface area (Å²) in [5.41, 5.74) is -0.552. The average molecular weight is 283 g/mol. The lowest BCUT2D eigenvalue weighted by Crippen LogP contribution is -2.58. The summed E-state index contributed by atoms with van der Waals surface area (Å²) >= 11 is 5.77. The van der Waals surface area contributed by atoms with Gasteiger partial charge in [0, 0.05) is 32.4 Å². The Hall–Kier alpha value is -1.17. The van der Waals surface area contributed by atoms with E-state index in [0.29, 0.717) is 10.8 Å². The number of amides is 1. The van der Waals surface area contributed by atoms with E-state index >= 15 is 0 Å². The molecule has 2 N–H and O–H groups in total. The average Bonchev–Trinajstić information content (AvgIpc) is 2.42. The minimum Gasteiger partial charge on any atom is -0.314 e. The van der Waals surface area contributed by atoms with Crippen LogP contribution in [0.2, 0.25) is 5.02 Å². The number of halogens is 1. The molecule has 0 bridgehead atoms. The largest absolute Gasteiger partial charge is 0.314 e. The monoisotopic (exact) mass is 282 g/mol. The van der Waals surface area contributed by atoms with Crippen molar-refractivity contribution in [1.29, 1.82) is 0 Å². The van der Waals surface area contributed by atoms with Crippen molar-refractivity contribution in [1.82, 2.24) is 15.2 Å². The molecule has 0 atom stereocenters. The summed E-state index contributed by atoms with van der Waals surface area (Å²) in [6.07, 6.45) is 1.52. The predicted molar refractivity (Wildman–Crippen MR) is 76.4 cm³/mol. The number of carbonyl (C=O) groups excluding carboxylic acids is 1. The number of hydrogen-bond donors (Lipinski definition) is 2. The van der Waals surface area contributed by atoms with E-state index in [-0.39, 0.29) is 5.91 Å². The molecule has 1 aromatic heterocycles. The molecule has 0 radical (unpaired) electrons. The van der Waals surface area contributed by atoms with E-state index in [9.17, 15) is 4.79 Å². The first-order valence-corrected chi connectivity index (χ1v) is 6.77. The number of pyridine rings is 1. The summed E-state index contributed by atoms with van der Waals surface area (Å²) in [6, 6.07) is 3.41. The molecule has 1 aliphatic rings. The Bertz CT molecular complexity index is 440. The van der Waals surface area contributed by atoms with Crippen LogP contribution in [0.25, 0.3) is 0 Å². The Kier molecular flexibility index (Phi) is 4.39. The lowest BCUT2D eigenvalue weighted by molar-refractivity contribution is -0.126. The van der Waals surface area contributed by atoms with Crippen LogP contribution in [0.15, 0.2) is 18.3 Å². The maximum Gasteiger partial charge on any atom is 0.245 e. The zero-order valence-electron chi connectivity index (χ0n) is 11.2.